The molecule has 0 fully saturated rings. The van der Waals surface area contributed by atoms with Gasteiger partial charge in [-0.3, -0.25) is 4.98 Å². The minimum absolute atomic E-state index is 0.891. The average Bonchev–Trinajstić information content (AvgIpc) is 2.21. The van der Waals surface area contributed by atoms with Gasteiger partial charge in [0, 0.05) is 12.7 Å². The number of rotatable bonds is 1. The molecule has 0 bridgehead atoms. The monoisotopic (exact) mass is 158 g/mol. The maximum absolute atomic E-state index is 4.26. The third-order valence-electron chi connectivity index (χ3n) is 1.78. The molecular formula is C10H10N2. The highest BCUT2D eigenvalue weighted by molar-refractivity contribution is 5.72. The van der Waals surface area contributed by atoms with Gasteiger partial charge in [0.25, 0.3) is 0 Å². The molecule has 60 valence electrons. The number of nitrogens with zero attached hydrogens (tertiary/aromatic N) is 1. The van der Waals surface area contributed by atoms with Crippen molar-refractivity contribution < 1.29 is 0 Å². The molecule has 0 saturated carbocycles. The van der Waals surface area contributed by atoms with E-state index in [1.807, 2.05) is 36.7 Å². The second kappa shape index (κ2) is 3.22. The third kappa shape index (κ3) is 1.37. The predicted octanol–water partition coefficient (Wildman–Crippen LogP) is 1.58. The fourth-order valence-electron chi connectivity index (χ4n) is 1.18. The maximum atomic E-state index is 4.26. The SMILES string of the molecule is C1=CC(c2ccccn2)=CCN1. The van der Waals surface area contributed by atoms with Crippen LogP contribution in [0.15, 0.2) is 42.7 Å². The molecule has 0 amide bonds. The fourth-order valence-corrected chi connectivity index (χ4v) is 1.18. The van der Waals surface area contributed by atoms with Gasteiger partial charge in [-0.25, -0.2) is 0 Å². The Morgan fingerprint density at radius 2 is 2.33 bits per heavy atom. The van der Waals surface area contributed by atoms with Crippen LogP contribution in [0.5, 0.6) is 0 Å². The van der Waals surface area contributed by atoms with Crippen LogP contribution in [-0.2, 0) is 0 Å². The first kappa shape index (κ1) is 7.10. The Morgan fingerprint density at radius 3 is 3.00 bits per heavy atom. The number of allylic oxidation sites excluding steroid dienone is 2. The first-order valence-corrected chi connectivity index (χ1v) is 3.98. The van der Waals surface area contributed by atoms with E-state index in [1.165, 1.54) is 5.57 Å². The van der Waals surface area contributed by atoms with Crippen LogP contribution < -0.4 is 5.32 Å². The van der Waals surface area contributed by atoms with Crippen molar-refractivity contribution in [1.82, 2.24) is 10.3 Å². The molecule has 2 rings (SSSR count). The molecule has 1 aliphatic rings. The zero-order chi connectivity index (χ0) is 8.23. The van der Waals surface area contributed by atoms with E-state index in [4.69, 9.17) is 0 Å². The Hall–Kier alpha value is -1.57. The molecule has 0 aromatic carbocycles. The number of pyridine rings is 1. The van der Waals surface area contributed by atoms with Crippen LogP contribution in [0, 0.1) is 0 Å². The van der Waals surface area contributed by atoms with Crippen molar-refractivity contribution in [3.05, 3.63) is 48.4 Å². The van der Waals surface area contributed by atoms with Crippen LogP contribution in [0.1, 0.15) is 5.69 Å². The van der Waals surface area contributed by atoms with E-state index < -0.39 is 0 Å². The van der Waals surface area contributed by atoms with Crippen molar-refractivity contribution in [2.45, 2.75) is 0 Å². The minimum atomic E-state index is 0.891. The minimum Gasteiger partial charge on any atom is -0.387 e. The van der Waals surface area contributed by atoms with Crippen molar-refractivity contribution in [1.29, 1.82) is 0 Å². The molecule has 0 atom stereocenters. The van der Waals surface area contributed by atoms with E-state index >= 15 is 0 Å². The first-order chi connectivity index (χ1) is 5.97. The van der Waals surface area contributed by atoms with Gasteiger partial charge in [0.2, 0.25) is 0 Å². The van der Waals surface area contributed by atoms with E-state index in [0.717, 1.165) is 12.2 Å². The van der Waals surface area contributed by atoms with E-state index in [1.54, 1.807) is 0 Å². The van der Waals surface area contributed by atoms with E-state index in [0.29, 0.717) is 0 Å². The lowest BCUT2D eigenvalue weighted by molar-refractivity contribution is 0.974. The second-order valence-electron chi connectivity index (χ2n) is 2.62. The van der Waals surface area contributed by atoms with Gasteiger partial charge < -0.3 is 5.32 Å². The Balaban J connectivity index is 2.31. The smallest absolute Gasteiger partial charge is 0.0699 e. The van der Waals surface area contributed by atoms with Crippen LogP contribution in [0.25, 0.3) is 5.57 Å². The molecule has 0 aliphatic carbocycles. The lowest BCUT2D eigenvalue weighted by Crippen LogP contribution is -2.08. The normalized spacial score (nSPS) is 15.2. The van der Waals surface area contributed by atoms with Gasteiger partial charge in [-0.05, 0) is 30.0 Å². The molecular weight excluding hydrogens is 148 g/mol. The molecule has 1 N–H and O–H groups in total. The van der Waals surface area contributed by atoms with Crippen molar-refractivity contribution in [3.8, 4) is 0 Å². The fraction of sp³-hybridized carbons (Fsp3) is 0.100. The molecule has 0 spiro atoms. The number of dihydropyridines is 1. The Bertz CT molecular complexity index is 312. The van der Waals surface area contributed by atoms with Crippen LogP contribution in [0.3, 0.4) is 0 Å². The van der Waals surface area contributed by atoms with Crippen molar-refractivity contribution in [2.24, 2.45) is 0 Å². The summed E-state index contributed by atoms with van der Waals surface area (Å²) in [6.07, 6.45) is 7.92. The summed E-state index contributed by atoms with van der Waals surface area (Å²) in [4.78, 5) is 4.26. The average molecular weight is 158 g/mol. The zero-order valence-electron chi connectivity index (χ0n) is 6.70. The number of hydrogen-bond donors (Lipinski definition) is 1. The molecule has 0 saturated heterocycles. The lowest BCUT2D eigenvalue weighted by atomic mass is 10.1. The van der Waals surface area contributed by atoms with Crippen molar-refractivity contribution in [2.75, 3.05) is 6.54 Å². The largest absolute Gasteiger partial charge is 0.387 e. The summed E-state index contributed by atoms with van der Waals surface area (Å²) < 4.78 is 0. The maximum Gasteiger partial charge on any atom is 0.0699 e. The van der Waals surface area contributed by atoms with Gasteiger partial charge in [-0.2, -0.15) is 0 Å². The standard InChI is InChI=1S/C10H10N2/c1-2-6-12-10(3-1)9-4-7-11-8-5-9/h1-7,11H,8H2. The highest BCUT2D eigenvalue weighted by Crippen LogP contribution is 2.13. The molecule has 12 heavy (non-hydrogen) atoms. The van der Waals surface area contributed by atoms with Crippen LogP contribution in [-0.4, -0.2) is 11.5 Å². The van der Waals surface area contributed by atoms with Gasteiger partial charge in [0.15, 0.2) is 0 Å². The third-order valence-corrected chi connectivity index (χ3v) is 1.78. The summed E-state index contributed by atoms with van der Waals surface area (Å²) in [6.45, 7) is 0.891. The van der Waals surface area contributed by atoms with Gasteiger partial charge in [-0.1, -0.05) is 12.1 Å². The Labute approximate surface area is 71.6 Å². The Morgan fingerprint density at radius 1 is 1.33 bits per heavy atom. The number of aromatic nitrogens is 1. The number of nitrogens with one attached hydrogen (secondary N) is 1. The second-order valence-corrected chi connectivity index (χ2v) is 2.62. The summed E-state index contributed by atoms with van der Waals surface area (Å²) in [7, 11) is 0. The molecule has 0 radical (unpaired) electrons. The highest BCUT2D eigenvalue weighted by atomic mass is 14.8. The van der Waals surface area contributed by atoms with Crippen LogP contribution in [0.2, 0.25) is 0 Å². The molecule has 2 heterocycles. The zero-order valence-corrected chi connectivity index (χ0v) is 6.70. The lowest BCUT2D eigenvalue weighted by Gasteiger charge is -2.06. The first-order valence-electron chi connectivity index (χ1n) is 3.98. The van der Waals surface area contributed by atoms with Gasteiger partial charge >= 0.3 is 0 Å². The van der Waals surface area contributed by atoms with E-state index in [2.05, 4.69) is 16.4 Å². The molecule has 0 unspecified atom stereocenters. The summed E-state index contributed by atoms with van der Waals surface area (Å²) >= 11 is 0. The van der Waals surface area contributed by atoms with Gasteiger partial charge in [0.05, 0.1) is 5.69 Å². The van der Waals surface area contributed by atoms with Gasteiger partial charge in [0.1, 0.15) is 0 Å². The van der Waals surface area contributed by atoms with Crippen LogP contribution in [0.4, 0.5) is 0 Å². The molecule has 2 nitrogen and oxygen atoms in total. The molecule has 1 aromatic rings. The Kier molecular flexibility index (Phi) is 1.90. The van der Waals surface area contributed by atoms with E-state index in [-0.39, 0.29) is 0 Å². The molecule has 2 heteroatoms. The number of hydrogen-bond acceptors (Lipinski definition) is 2. The van der Waals surface area contributed by atoms with Crippen molar-refractivity contribution >= 4 is 5.57 Å². The summed E-state index contributed by atoms with van der Waals surface area (Å²) in [6, 6.07) is 5.94. The predicted molar refractivity (Wildman–Crippen MR) is 49.4 cm³/mol. The summed E-state index contributed by atoms with van der Waals surface area (Å²) in [5, 5.41) is 3.10. The quantitative estimate of drug-likeness (QED) is 0.671. The van der Waals surface area contributed by atoms with Crippen molar-refractivity contribution in [3.63, 3.8) is 0 Å². The molecule has 1 aliphatic heterocycles. The van der Waals surface area contributed by atoms with Gasteiger partial charge in [-0.15, -0.1) is 0 Å². The topological polar surface area (TPSA) is 24.9 Å². The molecule has 1 aromatic heterocycles. The highest BCUT2D eigenvalue weighted by Gasteiger charge is 1.99. The summed E-state index contributed by atoms with van der Waals surface area (Å²) in [5.41, 5.74) is 2.23. The van der Waals surface area contributed by atoms with Crippen LogP contribution >= 0.6 is 0 Å². The summed E-state index contributed by atoms with van der Waals surface area (Å²) in [5.74, 6) is 0. The van der Waals surface area contributed by atoms with E-state index in [9.17, 15) is 0 Å².